The number of fused-ring (bicyclic) bond motifs is 1. The number of carbonyl (C=O) groups is 3. The molecular weight excluding hydrogens is 374 g/mol. The molecule has 8 nitrogen and oxygen atoms in total. The van der Waals surface area contributed by atoms with Gasteiger partial charge in [-0.25, -0.2) is 4.79 Å². The molecule has 1 aromatic carbocycles. The molecule has 4 amide bonds. The number of ether oxygens (including phenoxy) is 2. The summed E-state index contributed by atoms with van der Waals surface area (Å²) in [6, 6.07) is 4.58. The molecule has 1 aromatic rings. The Kier molecular flexibility index (Phi) is 6.30. The highest BCUT2D eigenvalue weighted by Crippen LogP contribution is 2.37. The van der Waals surface area contributed by atoms with Gasteiger partial charge >= 0.3 is 6.03 Å². The van der Waals surface area contributed by atoms with E-state index in [1.54, 1.807) is 30.0 Å². The predicted octanol–water partition coefficient (Wildman–Crippen LogP) is 2.61. The van der Waals surface area contributed by atoms with Gasteiger partial charge in [-0.2, -0.15) is 0 Å². The number of nitrogens with one attached hydrogen (secondary N) is 1. The number of carbonyl (C=O) groups excluding carboxylic acids is 3. The summed E-state index contributed by atoms with van der Waals surface area (Å²) in [7, 11) is 0. The van der Waals surface area contributed by atoms with Crippen LogP contribution >= 0.6 is 0 Å². The zero-order chi connectivity index (χ0) is 21.0. The molecular formula is C21H29N3O5. The number of amides is 4. The molecule has 1 atom stereocenters. The number of urea groups is 1. The first-order chi connectivity index (χ1) is 13.9. The van der Waals surface area contributed by atoms with Gasteiger partial charge in [-0.1, -0.05) is 32.8 Å². The summed E-state index contributed by atoms with van der Waals surface area (Å²) in [5.41, 5.74) is -0.667. The van der Waals surface area contributed by atoms with Gasteiger partial charge < -0.3 is 19.7 Å². The van der Waals surface area contributed by atoms with Crippen molar-refractivity contribution in [2.24, 2.45) is 0 Å². The molecule has 1 saturated heterocycles. The van der Waals surface area contributed by atoms with Crippen LogP contribution in [0, 0.1) is 0 Å². The minimum atomic E-state index is -1.25. The molecule has 0 radical (unpaired) electrons. The highest BCUT2D eigenvalue weighted by atomic mass is 16.7. The van der Waals surface area contributed by atoms with Crippen molar-refractivity contribution < 1.29 is 23.9 Å². The van der Waals surface area contributed by atoms with E-state index >= 15 is 0 Å². The SMILES string of the molecule is CCCCN(CCCC)C(=O)CN1C(=O)N[C@@](C)(c2ccc3c(c2)OCO3)C1=O. The van der Waals surface area contributed by atoms with E-state index in [2.05, 4.69) is 19.2 Å². The Labute approximate surface area is 171 Å². The van der Waals surface area contributed by atoms with Gasteiger partial charge in [0.25, 0.3) is 5.91 Å². The molecule has 29 heavy (non-hydrogen) atoms. The highest BCUT2D eigenvalue weighted by Gasteiger charge is 2.50. The molecule has 158 valence electrons. The molecule has 2 aliphatic rings. The molecule has 0 saturated carbocycles. The lowest BCUT2D eigenvalue weighted by Crippen LogP contribution is -2.45. The largest absolute Gasteiger partial charge is 0.454 e. The van der Waals surface area contributed by atoms with E-state index in [1.807, 2.05) is 0 Å². The Morgan fingerprint density at radius 1 is 1.14 bits per heavy atom. The van der Waals surface area contributed by atoms with Gasteiger partial charge in [0.15, 0.2) is 11.5 Å². The third kappa shape index (κ3) is 4.16. The number of unbranched alkanes of at least 4 members (excludes halogenated alkanes) is 2. The quantitative estimate of drug-likeness (QED) is 0.641. The zero-order valence-corrected chi connectivity index (χ0v) is 17.3. The van der Waals surface area contributed by atoms with Gasteiger partial charge in [0.2, 0.25) is 12.7 Å². The van der Waals surface area contributed by atoms with Gasteiger partial charge in [-0.15, -0.1) is 0 Å². The third-order valence-corrected chi connectivity index (χ3v) is 5.43. The Balaban J connectivity index is 1.74. The fourth-order valence-corrected chi connectivity index (χ4v) is 3.54. The molecule has 3 rings (SSSR count). The molecule has 1 N–H and O–H groups in total. The molecule has 0 spiro atoms. The van der Waals surface area contributed by atoms with Crippen LogP contribution < -0.4 is 14.8 Å². The first-order valence-electron chi connectivity index (χ1n) is 10.2. The lowest BCUT2D eigenvalue weighted by Gasteiger charge is -2.25. The van der Waals surface area contributed by atoms with Crippen molar-refractivity contribution in [2.45, 2.75) is 52.0 Å². The van der Waals surface area contributed by atoms with Crippen LogP contribution in [-0.4, -0.2) is 54.1 Å². The van der Waals surface area contributed by atoms with Crippen molar-refractivity contribution in [3.05, 3.63) is 23.8 Å². The normalized spacial score (nSPS) is 20.2. The fraction of sp³-hybridized carbons (Fsp3) is 0.571. The van der Waals surface area contributed by atoms with E-state index in [4.69, 9.17) is 9.47 Å². The third-order valence-electron chi connectivity index (χ3n) is 5.43. The van der Waals surface area contributed by atoms with Gasteiger partial charge in [-0.05, 0) is 37.5 Å². The number of hydrogen-bond donors (Lipinski definition) is 1. The maximum atomic E-state index is 13.1. The van der Waals surface area contributed by atoms with Crippen LogP contribution in [0.1, 0.15) is 52.0 Å². The average Bonchev–Trinajstić information content (AvgIpc) is 3.26. The van der Waals surface area contributed by atoms with E-state index in [0.29, 0.717) is 30.2 Å². The maximum Gasteiger partial charge on any atom is 0.325 e. The van der Waals surface area contributed by atoms with Crippen LogP contribution in [0.25, 0.3) is 0 Å². The summed E-state index contributed by atoms with van der Waals surface area (Å²) in [6.07, 6.45) is 3.73. The average molecular weight is 403 g/mol. The van der Waals surface area contributed by atoms with E-state index in [-0.39, 0.29) is 19.2 Å². The Morgan fingerprint density at radius 2 is 1.79 bits per heavy atom. The number of imide groups is 1. The summed E-state index contributed by atoms with van der Waals surface area (Å²) in [4.78, 5) is 41.3. The first kappa shape index (κ1) is 21.0. The van der Waals surface area contributed by atoms with Crippen molar-refractivity contribution in [1.29, 1.82) is 0 Å². The lowest BCUT2D eigenvalue weighted by atomic mass is 9.91. The van der Waals surface area contributed by atoms with E-state index in [0.717, 1.165) is 30.6 Å². The first-order valence-corrected chi connectivity index (χ1v) is 10.2. The smallest absolute Gasteiger partial charge is 0.325 e. The van der Waals surface area contributed by atoms with Crippen molar-refractivity contribution >= 4 is 17.8 Å². The monoisotopic (exact) mass is 403 g/mol. The number of benzene rings is 1. The van der Waals surface area contributed by atoms with Crippen LogP contribution in [-0.2, 0) is 15.1 Å². The van der Waals surface area contributed by atoms with Crippen molar-refractivity contribution in [3.8, 4) is 11.5 Å². The van der Waals surface area contributed by atoms with Crippen LogP contribution in [0.4, 0.5) is 4.79 Å². The molecule has 2 heterocycles. The standard InChI is InChI=1S/C21H29N3O5/c1-4-6-10-23(11-7-5-2)18(25)13-24-19(26)21(3,22-20(24)27)15-8-9-16-17(12-15)29-14-28-16/h8-9,12H,4-7,10-11,13-14H2,1-3H3,(H,22,27)/t21-/m0/s1. The summed E-state index contributed by atoms with van der Waals surface area (Å²) in [5, 5.41) is 2.74. The van der Waals surface area contributed by atoms with Crippen LogP contribution in [0.2, 0.25) is 0 Å². The Morgan fingerprint density at radius 3 is 2.45 bits per heavy atom. The van der Waals surface area contributed by atoms with Crippen LogP contribution in [0.3, 0.4) is 0 Å². The van der Waals surface area contributed by atoms with Gasteiger partial charge in [0.1, 0.15) is 12.1 Å². The molecule has 0 aliphatic carbocycles. The number of hydrogen-bond acceptors (Lipinski definition) is 5. The van der Waals surface area contributed by atoms with E-state index in [9.17, 15) is 14.4 Å². The predicted molar refractivity (Wildman–Crippen MR) is 107 cm³/mol. The van der Waals surface area contributed by atoms with Crippen molar-refractivity contribution in [1.82, 2.24) is 15.1 Å². The molecule has 1 fully saturated rings. The topological polar surface area (TPSA) is 88.2 Å². The van der Waals surface area contributed by atoms with Gasteiger partial charge in [0.05, 0.1) is 0 Å². The summed E-state index contributed by atoms with van der Waals surface area (Å²) < 4.78 is 10.7. The Bertz CT molecular complexity index is 789. The minimum Gasteiger partial charge on any atom is -0.454 e. The number of nitrogens with zero attached hydrogens (tertiary/aromatic N) is 2. The minimum absolute atomic E-state index is 0.127. The molecule has 0 unspecified atom stereocenters. The summed E-state index contributed by atoms with van der Waals surface area (Å²) >= 11 is 0. The molecule has 0 bridgehead atoms. The fourth-order valence-electron chi connectivity index (χ4n) is 3.54. The van der Waals surface area contributed by atoms with Gasteiger partial charge in [-0.3, -0.25) is 14.5 Å². The second-order valence-corrected chi connectivity index (χ2v) is 7.60. The second kappa shape index (κ2) is 8.71. The summed E-state index contributed by atoms with van der Waals surface area (Å²) in [6.45, 7) is 6.92. The Hall–Kier alpha value is -2.77. The van der Waals surface area contributed by atoms with Crippen LogP contribution in [0.5, 0.6) is 11.5 Å². The van der Waals surface area contributed by atoms with Crippen molar-refractivity contribution in [2.75, 3.05) is 26.4 Å². The molecule has 2 aliphatic heterocycles. The number of rotatable bonds is 9. The van der Waals surface area contributed by atoms with E-state index in [1.165, 1.54) is 0 Å². The second-order valence-electron chi connectivity index (χ2n) is 7.60. The zero-order valence-electron chi connectivity index (χ0n) is 17.3. The molecule has 8 heteroatoms. The lowest BCUT2D eigenvalue weighted by molar-refractivity contribution is -0.139. The molecule has 0 aromatic heterocycles. The van der Waals surface area contributed by atoms with E-state index < -0.39 is 17.5 Å². The van der Waals surface area contributed by atoms with Crippen molar-refractivity contribution in [3.63, 3.8) is 0 Å². The highest BCUT2D eigenvalue weighted by molar-refractivity contribution is 6.09. The van der Waals surface area contributed by atoms with Crippen LogP contribution in [0.15, 0.2) is 18.2 Å². The summed E-state index contributed by atoms with van der Waals surface area (Å²) in [5.74, 6) is 0.486. The maximum absolute atomic E-state index is 13.1. The van der Waals surface area contributed by atoms with Gasteiger partial charge in [0, 0.05) is 13.1 Å².